The number of methoxy groups -OCH3 is 1. The van der Waals surface area contributed by atoms with Gasteiger partial charge in [-0.2, -0.15) is 5.10 Å². The van der Waals surface area contributed by atoms with E-state index in [2.05, 4.69) is 10.4 Å². The van der Waals surface area contributed by atoms with Gasteiger partial charge >= 0.3 is 0 Å². The number of benzene rings is 1. The zero-order chi connectivity index (χ0) is 17.5. The summed E-state index contributed by atoms with van der Waals surface area (Å²) in [4.78, 5) is 23.1. The molecule has 0 saturated heterocycles. The Labute approximate surface area is 139 Å². The van der Waals surface area contributed by atoms with E-state index in [0.29, 0.717) is 23.6 Å². The van der Waals surface area contributed by atoms with Crippen molar-refractivity contribution in [1.29, 1.82) is 0 Å². The van der Waals surface area contributed by atoms with E-state index in [1.54, 1.807) is 29.1 Å². The number of carbonyl (C=O) groups excluding carboxylic acids is 2. The zero-order valence-electron chi connectivity index (χ0n) is 13.6. The van der Waals surface area contributed by atoms with Crippen molar-refractivity contribution in [3.8, 4) is 11.5 Å². The molecule has 0 radical (unpaired) electrons. The van der Waals surface area contributed by atoms with Crippen LogP contribution in [0.2, 0.25) is 0 Å². The molecule has 0 aliphatic heterocycles. The van der Waals surface area contributed by atoms with E-state index in [0.717, 1.165) is 0 Å². The van der Waals surface area contributed by atoms with Crippen molar-refractivity contribution in [1.82, 2.24) is 15.1 Å². The van der Waals surface area contributed by atoms with Gasteiger partial charge in [-0.3, -0.25) is 14.3 Å². The monoisotopic (exact) mass is 332 g/mol. The van der Waals surface area contributed by atoms with Gasteiger partial charge in [0.15, 0.2) is 18.1 Å². The predicted molar refractivity (Wildman–Crippen MR) is 86.8 cm³/mol. The van der Waals surface area contributed by atoms with Gasteiger partial charge in [-0.1, -0.05) is 0 Å². The Morgan fingerprint density at radius 2 is 2.17 bits per heavy atom. The van der Waals surface area contributed by atoms with E-state index in [-0.39, 0.29) is 18.6 Å². The molecule has 0 aliphatic rings. The van der Waals surface area contributed by atoms with Gasteiger partial charge in [0, 0.05) is 24.0 Å². The lowest BCUT2D eigenvalue weighted by molar-refractivity contribution is -0.119. The van der Waals surface area contributed by atoms with Gasteiger partial charge in [0.25, 0.3) is 11.8 Å². The van der Waals surface area contributed by atoms with Gasteiger partial charge in [-0.15, -0.1) is 0 Å². The quantitative estimate of drug-likeness (QED) is 0.735. The van der Waals surface area contributed by atoms with E-state index in [1.807, 2.05) is 19.2 Å². The number of nitrogens with one attached hydrogen (secondary N) is 1. The molecule has 2 rings (SSSR count). The predicted octanol–water partition coefficient (Wildman–Crippen LogP) is 0.574. The largest absolute Gasteiger partial charge is 0.493 e. The molecule has 0 saturated carbocycles. The first-order valence-corrected chi connectivity index (χ1v) is 7.37. The number of primary amides is 1. The molecule has 0 aliphatic carbocycles. The van der Waals surface area contributed by atoms with Crippen LogP contribution in [0.25, 0.3) is 0 Å². The molecule has 3 N–H and O–H groups in total. The van der Waals surface area contributed by atoms with Crippen LogP contribution in [0, 0.1) is 0 Å². The number of hydrogen-bond acceptors (Lipinski definition) is 5. The highest BCUT2D eigenvalue weighted by Crippen LogP contribution is 2.28. The zero-order valence-corrected chi connectivity index (χ0v) is 13.6. The fourth-order valence-electron chi connectivity index (χ4n) is 2.12. The fraction of sp³-hybridized carbons (Fsp3) is 0.312. The lowest BCUT2D eigenvalue weighted by Gasteiger charge is -2.15. The van der Waals surface area contributed by atoms with E-state index in [4.69, 9.17) is 15.2 Å². The van der Waals surface area contributed by atoms with Crippen LogP contribution in [-0.2, 0) is 11.3 Å². The molecule has 128 valence electrons. The first-order chi connectivity index (χ1) is 11.5. The summed E-state index contributed by atoms with van der Waals surface area (Å²) in [6.07, 6.45) is 3.51. The second-order valence-electron chi connectivity index (χ2n) is 5.22. The molecule has 0 fully saturated rings. The van der Waals surface area contributed by atoms with Gasteiger partial charge in [-0.05, 0) is 31.2 Å². The number of amides is 2. The van der Waals surface area contributed by atoms with Crippen LogP contribution in [0.5, 0.6) is 11.5 Å². The summed E-state index contributed by atoms with van der Waals surface area (Å²) in [6.45, 7) is 2.19. The van der Waals surface area contributed by atoms with Crippen LogP contribution in [-0.4, -0.2) is 41.4 Å². The molecule has 24 heavy (non-hydrogen) atoms. The molecule has 1 atom stereocenters. The van der Waals surface area contributed by atoms with E-state index in [1.165, 1.54) is 7.11 Å². The first-order valence-electron chi connectivity index (χ1n) is 7.37. The first kappa shape index (κ1) is 17.3. The molecule has 0 spiro atoms. The molecule has 2 amide bonds. The van der Waals surface area contributed by atoms with Crippen molar-refractivity contribution in [2.24, 2.45) is 5.73 Å². The Morgan fingerprint density at radius 3 is 2.79 bits per heavy atom. The number of aromatic nitrogens is 2. The normalized spacial score (nSPS) is 11.6. The van der Waals surface area contributed by atoms with E-state index < -0.39 is 5.91 Å². The van der Waals surface area contributed by atoms with Crippen LogP contribution < -0.4 is 20.5 Å². The maximum atomic E-state index is 12.3. The maximum absolute atomic E-state index is 12.3. The van der Waals surface area contributed by atoms with Gasteiger partial charge in [-0.25, -0.2) is 0 Å². The minimum Gasteiger partial charge on any atom is -0.493 e. The summed E-state index contributed by atoms with van der Waals surface area (Å²) in [5, 5.41) is 6.99. The van der Waals surface area contributed by atoms with E-state index >= 15 is 0 Å². The second-order valence-corrected chi connectivity index (χ2v) is 5.22. The highest BCUT2D eigenvalue weighted by atomic mass is 16.5. The van der Waals surface area contributed by atoms with Gasteiger partial charge < -0.3 is 20.5 Å². The lowest BCUT2D eigenvalue weighted by atomic mass is 10.1. The summed E-state index contributed by atoms with van der Waals surface area (Å²) >= 11 is 0. The summed E-state index contributed by atoms with van der Waals surface area (Å²) in [5.41, 5.74) is 5.47. The number of rotatable bonds is 8. The molecule has 1 heterocycles. The summed E-state index contributed by atoms with van der Waals surface area (Å²) in [6, 6.07) is 6.43. The van der Waals surface area contributed by atoms with Crippen LogP contribution in [0.4, 0.5) is 0 Å². The SMILES string of the molecule is COc1cc(C(=O)N[C@H](C)Cn2cccn2)ccc1OCC(N)=O. The lowest BCUT2D eigenvalue weighted by Crippen LogP contribution is -2.35. The van der Waals surface area contributed by atoms with E-state index in [9.17, 15) is 9.59 Å². The number of ether oxygens (including phenoxy) is 2. The Hall–Kier alpha value is -3.03. The Morgan fingerprint density at radius 1 is 1.38 bits per heavy atom. The third kappa shape index (κ3) is 4.73. The van der Waals surface area contributed by atoms with Crippen molar-refractivity contribution < 1.29 is 19.1 Å². The number of hydrogen-bond donors (Lipinski definition) is 2. The third-order valence-electron chi connectivity index (χ3n) is 3.19. The van der Waals surface area contributed by atoms with Crippen molar-refractivity contribution >= 4 is 11.8 Å². The Balaban J connectivity index is 2.02. The van der Waals surface area contributed by atoms with Crippen LogP contribution in [0.1, 0.15) is 17.3 Å². The van der Waals surface area contributed by atoms with Crippen LogP contribution in [0.3, 0.4) is 0 Å². The minimum absolute atomic E-state index is 0.103. The highest BCUT2D eigenvalue weighted by molar-refractivity contribution is 5.95. The van der Waals surface area contributed by atoms with Crippen molar-refractivity contribution in [2.45, 2.75) is 19.5 Å². The van der Waals surface area contributed by atoms with Gasteiger partial charge in [0.05, 0.1) is 13.7 Å². The molecular weight excluding hydrogens is 312 g/mol. The Bertz CT molecular complexity index is 700. The van der Waals surface area contributed by atoms with Gasteiger partial charge in [0.1, 0.15) is 0 Å². The maximum Gasteiger partial charge on any atom is 0.255 e. The third-order valence-corrected chi connectivity index (χ3v) is 3.19. The smallest absolute Gasteiger partial charge is 0.255 e. The minimum atomic E-state index is -0.591. The summed E-state index contributed by atoms with van der Waals surface area (Å²) in [5.74, 6) is -0.137. The van der Waals surface area contributed by atoms with Crippen LogP contribution >= 0.6 is 0 Å². The molecule has 1 aromatic carbocycles. The number of nitrogens with zero attached hydrogens (tertiary/aromatic N) is 2. The highest BCUT2D eigenvalue weighted by Gasteiger charge is 2.14. The fourth-order valence-corrected chi connectivity index (χ4v) is 2.12. The van der Waals surface area contributed by atoms with Gasteiger partial charge in [0.2, 0.25) is 0 Å². The van der Waals surface area contributed by atoms with Crippen molar-refractivity contribution in [3.63, 3.8) is 0 Å². The standard InChI is InChI=1S/C16H20N4O4/c1-11(9-20-7-3-6-18-20)19-16(22)12-4-5-13(14(8-12)23-2)24-10-15(17)21/h3-8,11H,9-10H2,1-2H3,(H2,17,21)(H,19,22)/t11-/m1/s1. The molecule has 8 nitrogen and oxygen atoms in total. The van der Waals surface area contributed by atoms with Crippen molar-refractivity contribution in [2.75, 3.05) is 13.7 Å². The number of carbonyl (C=O) groups is 2. The second kappa shape index (κ2) is 8.00. The van der Waals surface area contributed by atoms with Crippen LogP contribution in [0.15, 0.2) is 36.7 Å². The average molecular weight is 332 g/mol. The molecule has 0 bridgehead atoms. The molecule has 8 heteroatoms. The molecular formula is C16H20N4O4. The molecule has 2 aromatic rings. The molecule has 1 aromatic heterocycles. The summed E-state index contributed by atoms with van der Waals surface area (Å²) < 4.78 is 12.2. The Kier molecular flexibility index (Phi) is 5.78. The molecule has 0 unspecified atom stereocenters. The average Bonchev–Trinajstić information content (AvgIpc) is 3.05. The number of nitrogens with two attached hydrogens (primary N) is 1. The topological polar surface area (TPSA) is 108 Å². The summed E-state index contributed by atoms with van der Waals surface area (Å²) in [7, 11) is 1.45. The van der Waals surface area contributed by atoms with Crippen molar-refractivity contribution in [3.05, 3.63) is 42.2 Å².